The van der Waals surface area contributed by atoms with Gasteiger partial charge in [0.05, 0.1) is 4.90 Å². The van der Waals surface area contributed by atoms with Crippen molar-refractivity contribution in [1.29, 1.82) is 0 Å². The van der Waals surface area contributed by atoms with Gasteiger partial charge in [-0.15, -0.1) is 0 Å². The van der Waals surface area contributed by atoms with Gasteiger partial charge in [0, 0.05) is 11.1 Å². The zero-order valence-corrected chi connectivity index (χ0v) is 18.8. The second kappa shape index (κ2) is 8.51. The number of sulfonamides is 1. The molecule has 1 heterocycles. The van der Waals surface area contributed by atoms with Crippen molar-refractivity contribution >= 4 is 32.6 Å². The standard InChI is InChI=1S/C25H23NO5S/c1-16-9-10-17(2)23(13-16)32(28,29)26-20-11-12-22-21(14-20)24(18(3)31-22)25(27)30-15-19-7-5-4-6-8-19/h4-14,26H,15H2,1-3H3. The van der Waals surface area contributed by atoms with E-state index in [1.807, 2.05) is 43.3 Å². The molecule has 6 nitrogen and oxygen atoms in total. The number of carbonyl (C=O) groups excluding carboxylic acids is 1. The van der Waals surface area contributed by atoms with Crippen LogP contribution < -0.4 is 4.72 Å². The van der Waals surface area contributed by atoms with Gasteiger partial charge in [-0.1, -0.05) is 42.5 Å². The van der Waals surface area contributed by atoms with Crippen LogP contribution in [0.15, 0.2) is 76.0 Å². The Morgan fingerprint density at radius 2 is 1.72 bits per heavy atom. The van der Waals surface area contributed by atoms with Gasteiger partial charge >= 0.3 is 5.97 Å². The molecule has 1 N–H and O–H groups in total. The van der Waals surface area contributed by atoms with Gasteiger partial charge in [-0.05, 0) is 61.7 Å². The number of benzene rings is 3. The van der Waals surface area contributed by atoms with Crippen LogP contribution in [0.5, 0.6) is 0 Å². The molecular weight excluding hydrogens is 426 g/mol. The van der Waals surface area contributed by atoms with Gasteiger partial charge in [-0.3, -0.25) is 4.72 Å². The van der Waals surface area contributed by atoms with Crippen molar-refractivity contribution in [3.8, 4) is 0 Å². The molecule has 164 valence electrons. The largest absolute Gasteiger partial charge is 0.460 e. The summed E-state index contributed by atoms with van der Waals surface area (Å²) in [7, 11) is -3.80. The SMILES string of the molecule is Cc1ccc(C)c(S(=O)(=O)Nc2ccc3oc(C)c(C(=O)OCc4ccccc4)c3c2)c1. The lowest BCUT2D eigenvalue weighted by Gasteiger charge is -2.11. The van der Waals surface area contributed by atoms with Gasteiger partial charge in [-0.2, -0.15) is 0 Å². The second-order valence-corrected chi connectivity index (χ2v) is 9.33. The second-order valence-electron chi connectivity index (χ2n) is 7.68. The van der Waals surface area contributed by atoms with Crippen molar-refractivity contribution in [2.45, 2.75) is 32.3 Å². The smallest absolute Gasteiger partial charge is 0.342 e. The minimum Gasteiger partial charge on any atom is -0.460 e. The number of hydrogen-bond donors (Lipinski definition) is 1. The van der Waals surface area contributed by atoms with Crippen molar-refractivity contribution in [3.63, 3.8) is 0 Å². The summed E-state index contributed by atoms with van der Waals surface area (Å²) in [6, 6.07) is 19.5. The molecule has 0 unspecified atom stereocenters. The number of anilines is 1. The highest BCUT2D eigenvalue weighted by Gasteiger charge is 2.22. The molecule has 4 rings (SSSR count). The Morgan fingerprint density at radius 1 is 0.969 bits per heavy atom. The minimum atomic E-state index is -3.80. The summed E-state index contributed by atoms with van der Waals surface area (Å²) < 4.78 is 39.7. The number of carbonyl (C=O) groups is 1. The van der Waals surface area contributed by atoms with Crippen LogP contribution >= 0.6 is 0 Å². The topological polar surface area (TPSA) is 85.6 Å². The fraction of sp³-hybridized carbons (Fsp3) is 0.160. The van der Waals surface area contributed by atoms with Gasteiger partial charge in [0.15, 0.2) is 0 Å². The fourth-order valence-electron chi connectivity index (χ4n) is 3.54. The van der Waals surface area contributed by atoms with E-state index in [1.54, 1.807) is 44.2 Å². The number of ether oxygens (including phenoxy) is 1. The quantitative estimate of drug-likeness (QED) is 0.392. The number of nitrogens with one attached hydrogen (secondary N) is 1. The maximum absolute atomic E-state index is 13.0. The Bertz CT molecular complexity index is 1410. The first-order valence-electron chi connectivity index (χ1n) is 10.1. The van der Waals surface area contributed by atoms with Crippen LogP contribution in [0.25, 0.3) is 11.0 Å². The molecule has 7 heteroatoms. The third-order valence-electron chi connectivity index (χ3n) is 5.17. The molecule has 0 aliphatic rings. The molecular formula is C25H23NO5S. The predicted octanol–water partition coefficient (Wildman–Crippen LogP) is 5.52. The van der Waals surface area contributed by atoms with Crippen LogP contribution in [-0.4, -0.2) is 14.4 Å². The highest BCUT2D eigenvalue weighted by Crippen LogP contribution is 2.30. The molecule has 0 atom stereocenters. The Hall–Kier alpha value is -3.58. The molecule has 1 aromatic heterocycles. The van der Waals surface area contributed by atoms with E-state index in [-0.39, 0.29) is 17.1 Å². The Kier molecular flexibility index (Phi) is 5.76. The van der Waals surface area contributed by atoms with Gasteiger partial charge < -0.3 is 9.15 Å². The van der Waals surface area contributed by atoms with Crippen LogP contribution in [0, 0.1) is 20.8 Å². The van der Waals surface area contributed by atoms with Gasteiger partial charge in [-0.25, -0.2) is 13.2 Å². The van der Waals surface area contributed by atoms with E-state index in [1.165, 1.54) is 0 Å². The molecule has 32 heavy (non-hydrogen) atoms. The summed E-state index contributed by atoms with van der Waals surface area (Å²) in [5.41, 5.74) is 3.45. The summed E-state index contributed by atoms with van der Waals surface area (Å²) >= 11 is 0. The Morgan fingerprint density at radius 3 is 2.47 bits per heavy atom. The Balaban J connectivity index is 1.64. The number of aryl methyl sites for hydroxylation is 3. The number of esters is 1. The van der Waals surface area contributed by atoms with Crippen LogP contribution in [0.1, 0.15) is 32.8 Å². The summed E-state index contributed by atoms with van der Waals surface area (Å²) in [6.07, 6.45) is 0. The third-order valence-corrected chi connectivity index (χ3v) is 6.69. The van der Waals surface area contributed by atoms with E-state index in [0.29, 0.717) is 28.0 Å². The van der Waals surface area contributed by atoms with Gasteiger partial charge in [0.25, 0.3) is 10.0 Å². The molecule has 0 amide bonds. The first-order chi connectivity index (χ1) is 15.2. The molecule has 0 fully saturated rings. The van der Waals surface area contributed by atoms with E-state index < -0.39 is 16.0 Å². The lowest BCUT2D eigenvalue weighted by molar-refractivity contribution is 0.0473. The number of furan rings is 1. The first-order valence-corrected chi connectivity index (χ1v) is 11.6. The maximum atomic E-state index is 13.0. The molecule has 0 spiro atoms. The van der Waals surface area contributed by atoms with Crippen LogP contribution in [0.2, 0.25) is 0 Å². The summed E-state index contributed by atoms with van der Waals surface area (Å²) in [5, 5.41) is 0.488. The van der Waals surface area contributed by atoms with Gasteiger partial charge in [0.1, 0.15) is 23.5 Å². The van der Waals surface area contributed by atoms with Crippen molar-refractivity contribution < 1.29 is 22.4 Å². The van der Waals surface area contributed by atoms with Crippen molar-refractivity contribution in [2.24, 2.45) is 0 Å². The van der Waals surface area contributed by atoms with Crippen molar-refractivity contribution in [2.75, 3.05) is 4.72 Å². The average molecular weight is 450 g/mol. The zero-order valence-electron chi connectivity index (χ0n) is 18.0. The lowest BCUT2D eigenvalue weighted by Crippen LogP contribution is -2.14. The molecule has 0 radical (unpaired) electrons. The molecule has 0 aliphatic heterocycles. The zero-order chi connectivity index (χ0) is 22.9. The van der Waals surface area contributed by atoms with E-state index in [0.717, 1.165) is 11.1 Å². The molecule has 0 saturated heterocycles. The molecule has 4 aromatic rings. The van der Waals surface area contributed by atoms with Gasteiger partial charge in [0.2, 0.25) is 0 Å². The summed E-state index contributed by atoms with van der Waals surface area (Å²) in [6.45, 7) is 5.40. The van der Waals surface area contributed by atoms with Crippen LogP contribution in [0.4, 0.5) is 5.69 Å². The number of hydrogen-bond acceptors (Lipinski definition) is 5. The molecule has 0 saturated carbocycles. The van der Waals surface area contributed by atoms with E-state index in [2.05, 4.69) is 4.72 Å². The van der Waals surface area contributed by atoms with E-state index in [4.69, 9.17) is 9.15 Å². The minimum absolute atomic E-state index is 0.130. The predicted molar refractivity (Wildman–Crippen MR) is 123 cm³/mol. The van der Waals surface area contributed by atoms with Crippen LogP contribution in [0.3, 0.4) is 0 Å². The molecule has 3 aromatic carbocycles. The van der Waals surface area contributed by atoms with Crippen LogP contribution in [-0.2, 0) is 21.4 Å². The van der Waals surface area contributed by atoms with Crippen molar-refractivity contribution in [1.82, 2.24) is 0 Å². The monoisotopic (exact) mass is 449 g/mol. The highest BCUT2D eigenvalue weighted by atomic mass is 32.2. The summed E-state index contributed by atoms with van der Waals surface area (Å²) in [5.74, 6) is -0.118. The molecule has 0 aliphatic carbocycles. The molecule has 0 bridgehead atoms. The maximum Gasteiger partial charge on any atom is 0.342 e. The summed E-state index contributed by atoms with van der Waals surface area (Å²) in [4.78, 5) is 13.0. The normalized spacial score (nSPS) is 11.5. The average Bonchev–Trinajstić information content (AvgIpc) is 3.09. The highest BCUT2D eigenvalue weighted by molar-refractivity contribution is 7.92. The first kappa shape index (κ1) is 21.6. The fourth-order valence-corrected chi connectivity index (χ4v) is 4.92. The van der Waals surface area contributed by atoms with Crippen molar-refractivity contribution in [3.05, 3.63) is 94.7 Å². The van der Waals surface area contributed by atoms with E-state index in [9.17, 15) is 13.2 Å². The van der Waals surface area contributed by atoms with E-state index >= 15 is 0 Å². The number of fused-ring (bicyclic) bond motifs is 1. The number of rotatable bonds is 6. The third kappa shape index (κ3) is 4.38. The lowest BCUT2D eigenvalue weighted by atomic mass is 10.1. The Labute approximate surface area is 186 Å².